The van der Waals surface area contributed by atoms with Crippen molar-refractivity contribution in [1.82, 2.24) is 0 Å². The van der Waals surface area contributed by atoms with Gasteiger partial charge in [-0.3, -0.25) is 0 Å². The van der Waals surface area contributed by atoms with Gasteiger partial charge in [0.2, 0.25) is 0 Å². The number of rotatable bonds is 1. The van der Waals surface area contributed by atoms with Gasteiger partial charge in [-0.1, -0.05) is 53.7 Å². The number of ether oxygens (including phenoxy) is 2. The Balaban J connectivity index is 1.41. The van der Waals surface area contributed by atoms with Crippen LogP contribution in [0.3, 0.4) is 0 Å². The summed E-state index contributed by atoms with van der Waals surface area (Å²) in [5.41, 5.74) is 0.926. The second kappa shape index (κ2) is 6.93. The van der Waals surface area contributed by atoms with Crippen LogP contribution in [0.25, 0.3) is 0 Å². The van der Waals surface area contributed by atoms with E-state index >= 15 is 0 Å². The minimum absolute atomic E-state index is 0.0299. The van der Waals surface area contributed by atoms with Gasteiger partial charge < -0.3 is 14.6 Å². The van der Waals surface area contributed by atoms with Crippen molar-refractivity contribution < 1.29 is 14.6 Å². The summed E-state index contributed by atoms with van der Waals surface area (Å²) in [6.45, 7) is 17.5. The fourth-order valence-electron chi connectivity index (χ4n) is 12.0. The highest BCUT2D eigenvalue weighted by Gasteiger charge is 2.73. The molecule has 2 bridgehead atoms. The van der Waals surface area contributed by atoms with Gasteiger partial charge in [0.1, 0.15) is 0 Å². The third-order valence-electron chi connectivity index (χ3n) is 14.2. The molecule has 0 aromatic heterocycles. The van der Waals surface area contributed by atoms with E-state index < -0.39 is 0 Å². The Morgan fingerprint density at radius 3 is 2.26 bits per heavy atom. The van der Waals surface area contributed by atoms with Crippen LogP contribution in [0, 0.1) is 56.7 Å². The van der Waals surface area contributed by atoms with Crippen LogP contribution in [-0.4, -0.2) is 30.2 Å². The van der Waals surface area contributed by atoms with Gasteiger partial charge >= 0.3 is 0 Å². The quantitative estimate of drug-likeness (QED) is 0.420. The predicted octanol–water partition coefficient (Wildman–Crippen LogP) is 6.99. The minimum atomic E-state index is -0.212. The molecule has 3 nitrogen and oxygen atoms in total. The van der Waals surface area contributed by atoms with Crippen molar-refractivity contribution in [1.29, 1.82) is 0 Å². The number of hydrogen-bond donors (Lipinski definition) is 1. The smallest absolute Gasteiger partial charge is 0.167 e. The lowest BCUT2D eigenvalue weighted by Gasteiger charge is -2.75. The van der Waals surface area contributed by atoms with Crippen molar-refractivity contribution in [3.05, 3.63) is 12.2 Å². The third-order valence-corrected chi connectivity index (χ3v) is 14.2. The first-order valence-corrected chi connectivity index (χ1v) is 14.4. The Labute approximate surface area is 208 Å². The summed E-state index contributed by atoms with van der Waals surface area (Å²) in [7, 11) is 1.85. The van der Waals surface area contributed by atoms with Gasteiger partial charge in [-0.25, -0.2) is 0 Å². The minimum Gasteiger partial charge on any atom is -0.393 e. The first-order chi connectivity index (χ1) is 15.8. The number of methoxy groups -OCH3 is 1. The molecule has 2 aliphatic heterocycles. The summed E-state index contributed by atoms with van der Waals surface area (Å²) in [4.78, 5) is 0. The predicted molar refractivity (Wildman–Crippen MR) is 136 cm³/mol. The number of fused-ring (bicyclic) bond motifs is 6. The molecule has 1 spiro atoms. The number of hydrogen-bond acceptors (Lipinski definition) is 3. The van der Waals surface area contributed by atoms with Crippen LogP contribution in [0.2, 0.25) is 0 Å². The lowest BCUT2D eigenvalue weighted by Crippen LogP contribution is -2.71. The van der Waals surface area contributed by atoms with E-state index in [4.69, 9.17) is 9.47 Å². The highest BCUT2D eigenvalue weighted by atomic mass is 16.7. The first-order valence-electron chi connectivity index (χ1n) is 14.4. The van der Waals surface area contributed by atoms with E-state index in [-0.39, 0.29) is 28.8 Å². The zero-order valence-electron chi connectivity index (χ0n) is 23.1. The Morgan fingerprint density at radius 2 is 1.56 bits per heavy atom. The maximum absolute atomic E-state index is 10.9. The fraction of sp³-hybridized carbons (Fsp3) is 0.935. The molecule has 4 saturated carbocycles. The normalized spacial score (nSPS) is 61.7. The van der Waals surface area contributed by atoms with Gasteiger partial charge in [-0.15, -0.1) is 0 Å². The summed E-state index contributed by atoms with van der Waals surface area (Å²) in [5, 5.41) is 10.9. The van der Waals surface area contributed by atoms with Gasteiger partial charge in [0.15, 0.2) is 6.29 Å². The average Bonchev–Trinajstić information content (AvgIpc) is 2.78. The zero-order chi connectivity index (χ0) is 24.5. The second-order valence-corrected chi connectivity index (χ2v) is 15.2. The molecule has 1 N–H and O–H groups in total. The Morgan fingerprint density at radius 1 is 0.824 bits per heavy atom. The van der Waals surface area contributed by atoms with Crippen molar-refractivity contribution in [3.8, 4) is 0 Å². The van der Waals surface area contributed by atoms with Gasteiger partial charge in [0.25, 0.3) is 0 Å². The SMILES string of the molecule is CO[C@H]1O[C@]2(C)C=C[C@@]13CC[C@]1(C)[C@H](CC[C@@H]4[C@@]5(C)CC[C@H](O)C(C)(C)[C@@H]5CC[C@]41C)[C@H]3[C@@H]2C. The maximum Gasteiger partial charge on any atom is 0.167 e. The van der Waals surface area contributed by atoms with Crippen LogP contribution in [0.15, 0.2) is 12.2 Å². The molecule has 12 atom stereocenters. The third kappa shape index (κ3) is 2.51. The summed E-state index contributed by atoms with van der Waals surface area (Å²) in [6.07, 6.45) is 14.6. The van der Waals surface area contributed by atoms with Crippen molar-refractivity contribution in [2.24, 2.45) is 56.7 Å². The van der Waals surface area contributed by atoms with Gasteiger partial charge in [-0.2, -0.15) is 0 Å². The molecule has 5 fully saturated rings. The second-order valence-electron chi connectivity index (χ2n) is 15.2. The Kier molecular flexibility index (Phi) is 4.89. The van der Waals surface area contributed by atoms with Crippen molar-refractivity contribution in [2.45, 2.75) is 118 Å². The summed E-state index contributed by atoms with van der Waals surface area (Å²) in [6, 6.07) is 0. The molecule has 2 heterocycles. The zero-order valence-corrected chi connectivity index (χ0v) is 23.1. The molecular weight excluding hydrogens is 420 g/mol. The Bertz CT molecular complexity index is 895. The van der Waals surface area contributed by atoms with Crippen LogP contribution in [-0.2, 0) is 9.47 Å². The van der Waals surface area contributed by atoms with E-state index in [1.807, 2.05) is 7.11 Å². The van der Waals surface area contributed by atoms with Crippen LogP contribution >= 0.6 is 0 Å². The molecule has 7 rings (SSSR count). The average molecular weight is 471 g/mol. The molecule has 3 heteroatoms. The van der Waals surface area contributed by atoms with E-state index in [1.54, 1.807) is 0 Å². The fourth-order valence-corrected chi connectivity index (χ4v) is 12.0. The van der Waals surface area contributed by atoms with Crippen LogP contribution in [0.5, 0.6) is 0 Å². The molecule has 0 amide bonds. The lowest BCUT2D eigenvalue weighted by molar-refractivity contribution is -0.341. The van der Waals surface area contributed by atoms with Crippen molar-refractivity contribution in [3.63, 3.8) is 0 Å². The van der Waals surface area contributed by atoms with Gasteiger partial charge in [0, 0.05) is 12.5 Å². The van der Waals surface area contributed by atoms with E-state index in [2.05, 4.69) is 60.6 Å². The van der Waals surface area contributed by atoms with Crippen molar-refractivity contribution >= 4 is 0 Å². The van der Waals surface area contributed by atoms with E-state index in [0.717, 1.165) is 18.3 Å². The molecule has 1 saturated heterocycles. The Hall–Kier alpha value is -0.380. The summed E-state index contributed by atoms with van der Waals surface area (Å²) < 4.78 is 12.7. The number of aliphatic hydroxyl groups excluding tert-OH is 1. The van der Waals surface area contributed by atoms with E-state index in [9.17, 15) is 5.11 Å². The molecule has 0 aromatic rings. The highest BCUT2D eigenvalue weighted by molar-refractivity contribution is 5.28. The molecule has 0 unspecified atom stereocenters. The standard InChI is InChI=1S/C31H50O3/c1-19-24-20-9-10-22-27(4)13-12-23(32)26(2,3)21(27)11-14-29(22,6)28(20,5)15-17-31(24)18-16-30(19,7)34-25(31)33-8/h16,18-25,32H,9-15,17H2,1-8H3/t19-,20+,21-,22+,23-,24+,25-,27-,28+,29+,30+,31+/m0/s1. The van der Waals surface area contributed by atoms with Crippen LogP contribution in [0.4, 0.5) is 0 Å². The van der Waals surface area contributed by atoms with Crippen LogP contribution in [0.1, 0.15) is 99.8 Å². The number of aliphatic hydroxyl groups is 1. The molecule has 0 radical (unpaired) electrons. The van der Waals surface area contributed by atoms with Gasteiger partial charge in [0.05, 0.1) is 11.7 Å². The molecule has 0 aromatic carbocycles. The highest BCUT2D eigenvalue weighted by Crippen LogP contribution is 2.77. The van der Waals surface area contributed by atoms with E-state index in [1.165, 1.54) is 44.9 Å². The largest absolute Gasteiger partial charge is 0.393 e. The first kappa shape index (κ1) is 24.0. The topological polar surface area (TPSA) is 38.7 Å². The molecule has 7 aliphatic rings. The molecule has 34 heavy (non-hydrogen) atoms. The lowest BCUT2D eigenvalue weighted by atomic mass is 9.31. The van der Waals surface area contributed by atoms with Crippen molar-refractivity contribution in [2.75, 3.05) is 7.11 Å². The van der Waals surface area contributed by atoms with Gasteiger partial charge in [-0.05, 0) is 110 Å². The van der Waals surface area contributed by atoms with E-state index in [0.29, 0.717) is 34.0 Å². The monoisotopic (exact) mass is 470 g/mol. The maximum atomic E-state index is 10.9. The molecular formula is C31H50O3. The molecule has 5 aliphatic carbocycles. The van der Waals surface area contributed by atoms with Crippen LogP contribution < -0.4 is 0 Å². The summed E-state index contributed by atoms with van der Waals surface area (Å²) in [5.74, 6) is 3.27. The molecule has 192 valence electrons. The summed E-state index contributed by atoms with van der Waals surface area (Å²) >= 11 is 0.